The summed E-state index contributed by atoms with van der Waals surface area (Å²) < 4.78 is 0. The Hall–Kier alpha value is -0.870. The Morgan fingerprint density at radius 2 is 2.10 bits per heavy atom. The van der Waals surface area contributed by atoms with E-state index >= 15 is 0 Å². The van der Waals surface area contributed by atoms with Crippen molar-refractivity contribution in [3.8, 4) is 0 Å². The SMILES string of the molecule is NCC1(C(=O)N(Cc2ccsc2)C2CC2)CCCCC1. The van der Waals surface area contributed by atoms with Gasteiger partial charge in [-0.15, -0.1) is 0 Å². The van der Waals surface area contributed by atoms with Crippen molar-refractivity contribution in [2.45, 2.75) is 57.5 Å². The van der Waals surface area contributed by atoms with Gasteiger partial charge >= 0.3 is 0 Å². The van der Waals surface area contributed by atoms with Gasteiger partial charge in [-0.1, -0.05) is 19.3 Å². The fraction of sp³-hybridized carbons (Fsp3) is 0.688. The third-order valence-electron chi connectivity index (χ3n) is 4.84. The first-order chi connectivity index (χ1) is 9.75. The monoisotopic (exact) mass is 292 g/mol. The molecule has 0 bridgehead atoms. The number of carbonyl (C=O) groups excluding carboxylic acids is 1. The minimum absolute atomic E-state index is 0.267. The number of amides is 1. The van der Waals surface area contributed by atoms with E-state index in [1.54, 1.807) is 11.3 Å². The maximum absolute atomic E-state index is 13.1. The summed E-state index contributed by atoms with van der Waals surface area (Å²) in [5, 5.41) is 4.24. The Bertz CT molecular complexity index is 447. The van der Waals surface area contributed by atoms with E-state index in [2.05, 4.69) is 21.7 Å². The van der Waals surface area contributed by atoms with Crippen LogP contribution in [0, 0.1) is 5.41 Å². The molecule has 1 aromatic rings. The van der Waals surface area contributed by atoms with Crippen LogP contribution >= 0.6 is 11.3 Å². The van der Waals surface area contributed by atoms with E-state index < -0.39 is 0 Å². The quantitative estimate of drug-likeness (QED) is 0.906. The maximum Gasteiger partial charge on any atom is 0.230 e. The van der Waals surface area contributed by atoms with Crippen molar-refractivity contribution in [1.82, 2.24) is 4.90 Å². The lowest BCUT2D eigenvalue weighted by atomic mass is 9.73. The largest absolute Gasteiger partial charge is 0.335 e. The Labute approximate surface area is 125 Å². The molecule has 0 atom stereocenters. The number of hydrogen-bond donors (Lipinski definition) is 1. The molecule has 0 unspecified atom stereocenters. The molecule has 3 rings (SSSR count). The van der Waals surface area contributed by atoms with Gasteiger partial charge in [-0.3, -0.25) is 4.79 Å². The molecule has 2 N–H and O–H groups in total. The Morgan fingerprint density at radius 1 is 1.35 bits per heavy atom. The second kappa shape index (κ2) is 5.86. The molecule has 4 heteroatoms. The molecule has 20 heavy (non-hydrogen) atoms. The van der Waals surface area contributed by atoms with E-state index in [0.717, 1.165) is 45.1 Å². The maximum atomic E-state index is 13.1. The molecule has 2 aliphatic carbocycles. The van der Waals surface area contributed by atoms with Crippen molar-refractivity contribution in [2.24, 2.45) is 11.1 Å². The van der Waals surface area contributed by atoms with Crippen LogP contribution in [0.4, 0.5) is 0 Å². The first kappa shape index (κ1) is 14.1. The molecule has 2 aliphatic rings. The van der Waals surface area contributed by atoms with Crippen molar-refractivity contribution in [3.05, 3.63) is 22.4 Å². The smallest absolute Gasteiger partial charge is 0.230 e. The summed E-state index contributed by atoms with van der Waals surface area (Å²) in [7, 11) is 0. The summed E-state index contributed by atoms with van der Waals surface area (Å²) in [6, 6.07) is 2.59. The van der Waals surface area contributed by atoms with Crippen molar-refractivity contribution in [2.75, 3.05) is 6.54 Å². The third kappa shape index (κ3) is 2.77. The van der Waals surface area contributed by atoms with Gasteiger partial charge < -0.3 is 10.6 Å². The van der Waals surface area contributed by atoms with E-state index in [1.165, 1.54) is 12.0 Å². The molecule has 3 nitrogen and oxygen atoms in total. The van der Waals surface area contributed by atoms with E-state index in [-0.39, 0.29) is 5.41 Å². The standard InChI is InChI=1S/C16H24N2OS/c17-12-16(7-2-1-3-8-16)15(19)18(14-4-5-14)10-13-6-9-20-11-13/h6,9,11,14H,1-5,7-8,10,12,17H2. The second-order valence-corrected chi connectivity index (χ2v) is 7.12. The van der Waals surface area contributed by atoms with Crippen molar-refractivity contribution in [3.63, 3.8) is 0 Å². The highest BCUT2D eigenvalue weighted by atomic mass is 32.1. The summed E-state index contributed by atoms with van der Waals surface area (Å²) in [6.07, 6.45) is 7.85. The highest BCUT2D eigenvalue weighted by molar-refractivity contribution is 7.07. The molecule has 2 saturated carbocycles. The van der Waals surface area contributed by atoms with Crippen LogP contribution in [-0.4, -0.2) is 23.4 Å². The Kier molecular flexibility index (Phi) is 4.13. The number of nitrogens with two attached hydrogens (primary N) is 1. The molecule has 0 aliphatic heterocycles. The molecular formula is C16H24N2OS. The van der Waals surface area contributed by atoms with Gasteiger partial charge in [-0.2, -0.15) is 11.3 Å². The lowest BCUT2D eigenvalue weighted by molar-refractivity contribution is -0.145. The predicted molar refractivity (Wildman–Crippen MR) is 82.5 cm³/mol. The van der Waals surface area contributed by atoms with Gasteiger partial charge in [-0.25, -0.2) is 0 Å². The number of hydrogen-bond acceptors (Lipinski definition) is 3. The van der Waals surface area contributed by atoms with Crippen LogP contribution < -0.4 is 5.73 Å². The Morgan fingerprint density at radius 3 is 2.65 bits per heavy atom. The third-order valence-corrected chi connectivity index (χ3v) is 5.57. The van der Waals surface area contributed by atoms with Gasteiger partial charge in [0.15, 0.2) is 0 Å². The zero-order chi connectivity index (χ0) is 14.0. The van der Waals surface area contributed by atoms with Crippen molar-refractivity contribution in [1.29, 1.82) is 0 Å². The van der Waals surface area contributed by atoms with Gasteiger partial charge in [0, 0.05) is 19.1 Å². The average molecular weight is 292 g/mol. The minimum Gasteiger partial charge on any atom is -0.335 e. The number of rotatable bonds is 5. The fourth-order valence-electron chi connectivity index (χ4n) is 3.37. The van der Waals surface area contributed by atoms with Gasteiger partial charge in [0.2, 0.25) is 5.91 Å². The van der Waals surface area contributed by atoms with E-state index in [4.69, 9.17) is 5.73 Å². The minimum atomic E-state index is -0.267. The zero-order valence-electron chi connectivity index (χ0n) is 12.0. The molecule has 1 heterocycles. The highest BCUT2D eigenvalue weighted by Crippen LogP contribution is 2.40. The van der Waals surface area contributed by atoms with Gasteiger partial charge in [-0.05, 0) is 48.1 Å². The summed E-state index contributed by atoms with van der Waals surface area (Å²) in [5.74, 6) is 0.327. The molecule has 0 radical (unpaired) electrons. The predicted octanol–water partition coefficient (Wildman–Crippen LogP) is 3.15. The lowest BCUT2D eigenvalue weighted by Gasteiger charge is -2.39. The highest BCUT2D eigenvalue weighted by Gasteiger charge is 2.44. The van der Waals surface area contributed by atoms with Crippen LogP contribution in [0.1, 0.15) is 50.5 Å². The van der Waals surface area contributed by atoms with Gasteiger partial charge in [0.05, 0.1) is 5.41 Å². The van der Waals surface area contributed by atoms with E-state index in [1.807, 2.05) is 0 Å². The molecule has 0 saturated heterocycles. The summed E-state index contributed by atoms with van der Waals surface area (Å²) >= 11 is 1.70. The number of nitrogens with zero attached hydrogens (tertiary/aromatic N) is 1. The van der Waals surface area contributed by atoms with Crippen LogP contribution in [0.25, 0.3) is 0 Å². The van der Waals surface area contributed by atoms with Crippen LogP contribution in [0.15, 0.2) is 16.8 Å². The molecule has 110 valence electrons. The zero-order valence-corrected chi connectivity index (χ0v) is 12.8. The summed E-state index contributed by atoms with van der Waals surface area (Å²) in [6.45, 7) is 1.29. The normalized spacial score (nSPS) is 21.6. The van der Waals surface area contributed by atoms with Gasteiger partial charge in [0.25, 0.3) is 0 Å². The first-order valence-corrected chi connectivity index (χ1v) is 8.72. The summed E-state index contributed by atoms with van der Waals surface area (Å²) in [5.41, 5.74) is 7.02. The van der Waals surface area contributed by atoms with E-state index in [0.29, 0.717) is 18.5 Å². The summed E-state index contributed by atoms with van der Waals surface area (Å²) in [4.78, 5) is 15.2. The van der Waals surface area contributed by atoms with Crippen LogP contribution in [0.5, 0.6) is 0 Å². The van der Waals surface area contributed by atoms with Crippen LogP contribution in [-0.2, 0) is 11.3 Å². The lowest BCUT2D eigenvalue weighted by Crippen LogP contribution is -2.49. The van der Waals surface area contributed by atoms with Crippen LogP contribution in [0.3, 0.4) is 0 Å². The van der Waals surface area contributed by atoms with E-state index in [9.17, 15) is 4.79 Å². The fourth-order valence-corrected chi connectivity index (χ4v) is 4.03. The van der Waals surface area contributed by atoms with Crippen molar-refractivity contribution >= 4 is 17.2 Å². The number of carbonyl (C=O) groups is 1. The average Bonchev–Trinajstić information content (AvgIpc) is 3.21. The second-order valence-electron chi connectivity index (χ2n) is 6.34. The van der Waals surface area contributed by atoms with Crippen molar-refractivity contribution < 1.29 is 4.79 Å². The van der Waals surface area contributed by atoms with Crippen LogP contribution in [0.2, 0.25) is 0 Å². The Balaban J connectivity index is 1.77. The first-order valence-electron chi connectivity index (χ1n) is 7.77. The molecule has 1 amide bonds. The van der Waals surface area contributed by atoms with Gasteiger partial charge in [0.1, 0.15) is 0 Å². The molecule has 0 aromatic carbocycles. The molecular weight excluding hydrogens is 268 g/mol. The molecule has 0 spiro atoms. The number of thiophene rings is 1. The molecule has 2 fully saturated rings. The topological polar surface area (TPSA) is 46.3 Å². The molecule has 1 aromatic heterocycles.